The van der Waals surface area contributed by atoms with Gasteiger partial charge in [0, 0.05) is 37.5 Å². The van der Waals surface area contributed by atoms with E-state index >= 15 is 0 Å². The molecule has 1 aliphatic rings. The van der Waals surface area contributed by atoms with E-state index in [1.165, 1.54) is 4.88 Å². The second-order valence-corrected chi connectivity index (χ2v) is 8.38. The van der Waals surface area contributed by atoms with Gasteiger partial charge in [-0.1, -0.05) is 18.2 Å². The number of rotatable bonds is 11. The van der Waals surface area contributed by atoms with Crippen molar-refractivity contribution in [1.29, 1.82) is 0 Å². The highest BCUT2D eigenvalue weighted by atomic mass is 32.1. The fourth-order valence-electron chi connectivity index (χ4n) is 3.35. The Bertz CT molecular complexity index is 849. The van der Waals surface area contributed by atoms with Crippen LogP contribution in [0.25, 0.3) is 0 Å². The normalized spacial score (nSPS) is 14.1. The molecule has 1 saturated heterocycles. The second kappa shape index (κ2) is 11.1. The number of morpholine rings is 1. The van der Waals surface area contributed by atoms with Crippen molar-refractivity contribution in [3.63, 3.8) is 0 Å². The van der Waals surface area contributed by atoms with Crippen LogP contribution in [0.3, 0.4) is 0 Å². The van der Waals surface area contributed by atoms with Crippen molar-refractivity contribution >= 4 is 22.4 Å². The SMILES string of the molecule is C=CCN(CC(=O)O)Cc1cccc(OCCc2nc(N3CCOCC3)sc2C)c1. The molecule has 1 aromatic carbocycles. The number of ether oxygens (including phenoxy) is 2. The molecule has 2 aromatic rings. The van der Waals surface area contributed by atoms with Crippen LogP contribution >= 0.6 is 11.3 Å². The molecule has 2 heterocycles. The summed E-state index contributed by atoms with van der Waals surface area (Å²) in [7, 11) is 0. The van der Waals surface area contributed by atoms with Crippen molar-refractivity contribution < 1.29 is 19.4 Å². The summed E-state index contributed by atoms with van der Waals surface area (Å²) in [5.74, 6) is -0.0676. The predicted molar refractivity (Wildman–Crippen MR) is 119 cm³/mol. The topological polar surface area (TPSA) is 75.1 Å². The molecule has 0 bridgehead atoms. The molecule has 0 saturated carbocycles. The summed E-state index contributed by atoms with van der Waals surface area (Å²) >= 11 is 1.73. The zero-order valence-corrected chi connectivity index (χ0v) is 18.2. The second-order valence-electron chi connectivity index (χ2n) is 7.20. The van der Waals surface area contributed by atoms with Crippen molar-refractivity contribution in [3.8, 4) is 5.75 Å². The molecule has 0 unspecified atom stereocenters. The van der Waals surface area contributed by atoms with Gasteiger partial charge in [-0.2, -0.15) is 0 Å². The fourth-order valence-corrected chi connectivity index (χ4v) is 4.36. The molecule has 8 heteroatoms. The molecule has 1 fully saturated rings. The minimum absolute atomic E-state index is 0.0221. The Kier molecular flexibility index (Phi) is 8.24. The molecule has 1 N–H and O–H groups in total. The Balaban J connectivity index is 1.54. The third-order valence-corrected chi connectivity index (χ3v) is 5.90. The number of hydrogen-bond acceptors (Lipinski definition) is 7. The molecule has 7 nitrogen and oxygen atoms in total. The van der Waals surface area contributed by atoms with Gasteiger partial charge in [-0.25, -0.2) is 4.98 Å². The van der Waals surface area contributed by atoms with Gasteiger partial charge >= 0.3 is 5.97 Å². The number of benzene rings is 1. The molecule has 3 rings (SSSR count). The van der Waals surface area contributed by atoms with E-state index in [-0.39, 0.29) is 6.54 Å². The molecule has 162 valence electrons. The van der Waals surface area contributed by atoms with Gasteiger partial charge in [-0.15, -0.1) is 17.9 Å². The van der Waals surface area contributed by atoms with Gasteiger partial charge < -0.3 is 19.5 Å². The molecule has 0 amide bonds. The van der Waals surface area contributed by atoms with Crippen molar-refractivity contribution in [2.24, 2.45) is 0 Å². The number of carbonyl (C=O) groups is 1. The summed E-state index contributed by atoms with van der Waals surface area (Å²) in [5.41, 5.74) is 2.09. The molecule has 1 aromatic heterocycles. The van der Waals surface area contributed by atoms with Crippen LogP contribution in [-0.2, 0) is 22.5 Å². The number of carboxylic acid groups (broad SMARTS) is 1. The van der Waals surface area contributed by atoms with Gasteiger partial charge in [0.05, 0.1) is 32.1 Å². The Morgan fingerprint density at radius 3 is 2.97 bits per heavy atom. The Morgan fingerprint density at radius 1 is 1.43 bits per heavy atom. The third-order valence-electron chi connectivity index (χ3n) is 4.82. The standard InChI is InChI=1S/C22H29N3O4S/c1-3-8-24(16-21(26)27)15-18-5-4-6-19(14-18)29-11-7-20-17(2)30-22(23-20)25-9-12-28-13-10-25/h3-6,14H,1,7-13,15-16H2,2H3,(H,26,27). The summed E-state index contributed by atoms with van der Waals surface area (Å²) in [6.45, 7) is 10.7. The summed E-state index contributed by atoms with van der Waals surface area (Å²) in [6, 6.07) is 7.79. The number of thiazole rings is 1. The van der Waals surface area contributed by atoms with Crippen molar-refractivity contribution in [2.75, 3.05) is 50.9 Å². The molecule has 0 aliphatic carbocycles. The number of aromatic nitrogens is 1. The maximum atomic E-state index is 11.0. The molecule has 0 spiro atoms. The van der Waals surface area contributed by atoms with Gasteiger partial charge in [0.1, 0.15) is 5.75 Å². The first-order valence-corrected chi connectivity index (χ1v) is 10.9. The third kappa shape index (κ3) is 6.55. The van der Waals surface area contributed by atoms with Crippen LogP contribution in [0, 0.1) is 6.92 Å². The van der Waals surface area contributed by atoms with Crippen LogP contribution in [0.5, 0.6) is 5.75 Å². The van der Waals surface area contributed by atoms with E-state index in [1.54, 1.807) is 17.4 Å². The Morgan fingerprint density at radius 2 is 2.23 bits per heavy atom. The first kappa shape index (κ1) is 22.3. The van der Waals surface area contributed by atoms with Crippen molar-refractivity contribution in [2.45, 2.75) is 19.9 Å². The van der Waals surface area contributed by atoms with E-state index in [2.05, 4.69) is 18.4 Å². The van der Waals surface area contributed by atoms with E-state index in [0.29, 0.717) is 19.7 Å². The highest BCUT2D eigenvalue weighted by Gasteiger charge is 2.17. The Hall–Kier alpha value is -2.42. The number of carboxylic acids is 1. The smallest absolute Gasteiger partial charge is 0.317 e. The minimum Gasteiger partial charge on any atom is -0.493 e. The predicted octanol–water partition coefficient (Wildman–Crippen LogP) is 2.98. The van der Waals surface area contributed by atoms with E-state index in [4.69, 9.17) is 19.6 Å². The van der Waals surface area contributed by atoms with E-state index in [0.717, 1.165) is 54.9 Å². The van der Waals surface area contributed by atoms with Crippen molar-refractivity contribution in [3.05, 3.63) is 53.1 Å². The number of anilines is 1. The van der Waals surface area contributed by atoms with Crippen molar-refractivity contribution in [1.82, 2.24) is 9.88 Å². The number of aryl methyl sites for hydroxylation is 1. The van der Waals surface area contributed by atoms with Crippen LogP contribution in [0.2, 0.25) is 0 Å². The summed E-state index contributed by atoms with van der Waals surface area (Å²) in [6.07, 6.45) is 2.46. The highest BCUT2D eigenvalue weighted by Crippen LogP contribution is 2.27. The molecule has 30 heavy (non-hydrogen) atoms. The van der Waals surface area contributed by atoms with Crippen LogP contribution in [0.15, 0.2) is 36.9 Å². The molecular weight excluding hydrogens is 402 g/mol. The monoisotopic (exact) mass is 431 g/mol. The lowest BCUT2D eigenvalue weighted by molar-refractivity contribution is -0.138. The molecule has 0 atom stereocenters. The summed E-state index contributed by atoms with van der Waals surface area (Å²) < 4.78 is 11.4. The van der Waals surface area contributed by atoms with Gasteiger partial charge in [-0.05, 0) is 24.6 Å². The molecular formula is C22H29N3O4S. The maximum Gasteiger partial charge on any atom is 0.317 e. The average Bonchev–Trinajstić information content (AvgIpc) is 3.09. The highest BCUT2D eigenvalue weighted by molar-refractivity contribution is 7.15. The average molecular weight is 432 g/mol. The zero-order chi connectivity index (χ0) is 21.3. The zero-order valence-electron chi connectivity index (χ0n) is 17.4. The van der Waals surface area contributed by atoms with Gasteiger partial charge in [-0.3, -0.25) is 9.69 Å². The molecule has 0 radical (unpaired) electrons. The summed E-state index contributed by atoms with van der Waals surface area (Å²) in [4.78, 5) is 21.2. The first-order valence-electron chi connectivity index (χ1n) is 10.1. The Labute approximate surface area is 181 Å². The quantitative estimate of drug-likeness (QED) is 0.548. The van der Waals surface area contributed by atoms with E-state index < -0.39 is 5.97 Å². The van der Waals surface area contributed by atoms with E-state index in [1.807, 2.05) is 29.2 Å². The van der Waals surface area contributed by atoms with Gasteiger partial charge in [0.15, 0.2) is 5.13 Å². The van der Waals surface area contributed by atoms with Crippen LogP contribution in [0.1, 0.15) is 16.1 Å². The summed E-state index contributed by atoms with van der Waals surface area (Å²) in [5, 5.41) is 10.1. The maximum absolute atomic E-state index is 11.0. The lowest BCUT2D eigenvalue weighted by Crippen LogP contribution is -2.36. The van der Waals surface area contributed by atoms with Crippen LogP contribution in [0.4, 0.5) is 5.13 Å². The minimum atomic E-state index is -0.848. The number of nitrogens with zero attached hydrogens (tertiary/aromatic N) is 3. The van der Waals surface area contributed by atoms with Gasteiger partial charge in [0.2, 0.25) is 0 Å². The first-order chi connectivity index (χ1) is 14.5. The number of hydrogen-bond donors (Lipinski definition) is 1. The van der Waals surface area contributed by atoms with Gasteiger partial charge in [0.25, 0.3) is 0 Å². The fraction of sp³-hybridized carbons (Fsp3) is 0.455. The number of aliphatic carboxylic acids is 1. The largest absolute Gasteiger partial charge is 0.493 e. The lowest BCUT2D eigenvalue weighted by Gasteiger charge is -2.26. The lowest BCUT2D eigenvalue weighted by atomic mass is 10.2. The van der Waals surface area contributed by atoms with E-state index in [9.17, 15) is 4.79 Å². The van der Waals surface area contributed by atoms with Crippen LogP contribution < -0.4 is 9.64 Å². The van der Waals surface area contributed by atoms with Crippen LogP contribution in [-0.4, -0.2) is 67.0 Å². The molecule has 1 aliphatic heterocycles.